The molecule has 1 aromatic rings. The molecule has 1 fully saturated rings. The number of hydrogen-bond acceptors (Lipinski definition) is 4. The van der Waals surface area contributed by atoms with Gasteiger partial charge in [-0.2, -0.15) is 4.31 Å². The Kier molecular flexibility index (Phi) is 4.43. The van der Waals surface area contributed by atoms with E-state index in [1.165, 1.54) is 16.4 Å². The highest BCUT2D eigenvalue weighted by molar-refractivity contribution is 7.89. The van der Waals surface area contributed by atoms with E-state index in [4.69, 9.17) is 9.47 Å². The molecule has 5 nitrogen and oxygen atoms in total. The van der Waals surface area contributed by atoms with Crippen molar-refractivity contribution in [3.8, 4) is 0 Å². The Bertz CT molecular complexity index is 544. The molecule has 1 aliphatic heterocycles. The first-order chi connectivity index (χ1) is 9.43. The molecule has 0 aliphatic carbocycles. The van der Waals surface area contributed by atoms with E-state index >= 15 is 0 Å². The van der Waals surface area contributed by atoms with E-state index in [-0.39, 0.29) is 4.90 Å². The van der Waals surface area contributed by atoms with Gasteiger partial charge in [-0.1, -0.05) is 0 Å². The van der Waals surface area contributed by atoms with Crippen LogP contribution in [-0.2, 0) is 19.5 Å². The van der Waals surface area contributed by atoms with E-state index < -0.39 is 21.6 Å². The van der Waals surface area contributed by atoms with Crippen molar-refractivity contribution in [2.45, 2.75) is 23.5 Å². The molecule has 2 rings (SSSR count). The van der Waals surface area contributed by atoms with Gasteiger partial charge in [0.1, 0.15) is 5.82 Å². The minimum absolute atomic E-state index is 0.0984. The van der Waals surface area contributed by atoms with E-state index in [9.17, 15) is 12.8 Å². The molecule has 1 aliphatic rings. The summed E-state index contributed by atoms with van der Waals surface area (Å²) in [5, 5.41) is 0. The summed E-state index contributed by atoms with van der Waals surface area (Å²) in [5.41, 5.74) is 0. The number of piperidine rings is 1. The van der Waals surface area contributed by atoms with Gasteiger partial charge in [-0.3, -0.25) is 0 Å². The number of benzene rings is 1. The van der Waals surface area contributed by atoms with Gasteiger partial charge in [-0.05, 0) is 24.3 Å². The van der Waals surface area contributed by atoms with Crippen LogP contribution in [0.2, 0.25) is 0 Å². The second kappa shape index (κ2) is 5.77. The molecule has 1 saturated heterocycles. The molecule has 0 atom stereocenters. The highest BCUT2D eigenvalue weighted by atomic mass is 32.2. The summed E-state index contributed by atoms with van der Waals surface area (Å²) in [6.45, 7) is 0.614. The molecule has 0 N–H and O–H groups in total. The smallest absolute Gasteiger partial charge is 0.243 e. The normalized spacial score (nSPS) is 19.9. The van der Waals surface area contributed by atoms with Crippen molar-refractivity contribution in [2.75, 3.05) is 27.3 Å². The highest BCUT2D eigenvalue weighted by Crippen LogP contribution is 2.29. The van der Waals surface area contributed by atoms with Crippen molar-refractivity contribution in [3.63, 3.8) is 0 Å². The van der Waals surface area contributed by atoms with Gasteiger partial charge in [0.25, 0.3) is 0 Å². The number of rotatable bonds is 4. The summed E-state index contributed by atoms with van der Waals surface area (Å²) in [6, 6.07) is 4.84. The first kappa shape index (κ1) is 15.4. The topological polar surface area (TPSA) is 55.8 Å². The van der Waals surface area contributed by atoms with Crippen LogP contribution in [0.4, 0.5) is 4.39 Å². The van der Waals surface area contributed by atoms with Crippen LogP contribution in [0.1, 0.15) is 12.8 Å². The molecule has 7 heteroatoms. The lowest BCUT2D eigenvalue weighted by molar-refractivity contribution is -0.224. The quantitative estimate of drug-likeness (QED) is 0.793. The molecule has 0 spiro atoms. The van der Waals surface area contributed by atoms with Gasteiger partial charge in [0.15, 0.2) is 5.79 Å². The van der Waals surface area contributed by atoms with Gasteiger partial charge >= 0.3 is 0 Å². The van der Waals surface area contributed by atoms with Crippen molar-refractivity contribution in [1.82, 2.24) is 4.31 Å². The highest BCUT2D eigenvalue weighted by Gasteiger charge is 2.38. The third-order valence-corrected chi connectivity index (χ3v) is 5.59. The molecule has 0 unspecified atom stereocenters. The molecule has 1 heterocycles. The minimum atomic E-state index is -3.59. The Morgan fingerprint density at radius 1 is 1.10 bits per heavy atom. The van der Waals surface area contributed by atoms with Gasteiger partial charge in [0.05, 0.1) is 4.90 Å². The summed E-state index contributed by atoms with van der Waals surface area (Å²) in [7, 11) is -0.491. The third-order valence-electron chi connectivity index (χ3n) is 3.68. The van der Waals surface area contributed by atoms with Crippen LogP contribution in [0.15, 0.2) is 29.2 Å². The fourth-order valence-corrected chi connectivity index (χ4v) is 3.76. The summed E-state index contributed by atoms with van der Waals surface area (Å²) >= 11 is 0. The first-order valence-corrected chi connectivity index (χ1v) is 7.73. The Balaban J connectivity index is 2.15. The molecule has 20 heavy (non-hydrogen) atoms. The number of nitrogens with zero attached hydrogens (tertiary/aromatic N) is 1. The third kappa shape index (κ3) is 2.85. The van der Waals surface area contributed by atoms with Gasteiger partial charge in [0, 0.05) is 40.2 Å². The molecule has 1 aromatic carbocycles. The first-order valence-electron chi connectivity index (χ1n) is 6.29. The van der Waals surface area contributed by atoms with Crippen LogP contribution in [0.5, 0.6) is 0 Å². The van der Waals surface area contributed by atoms with Crippen molar-refractivity contribution >= 4 is 10.0 Å². The molecule has 0 radical (unpaired) electrons. The van der Waals surface area contributed by atoms with E-state index in [0.29, 0.717) is 25.9 Å². The van der Waals surface area contributed by atoms with Crippen LogP contribution < -0.4 is 0 Å². The van der Waals surface area contributed by atoms with Gasteiger partial charge in [0.2, 0.25) is 10.0 Å². The predicted octanol–water partition coefficient (Wildman–Crippen LogP) is 1.60. The minimum Gasteiger partial charge on any atom is -0.353 e. The lowest BCUT2D eigenvalue weighted by Crippen LogP contribution is -2.48. The Morgan fingerprint density at radius 2 is 1.60 bits per heavy atom. The second-order valence-electron chi connectivity index (χ2n) is 4.68. The molecular weight excluding hydrogens is 285 g/mol. The van der Waals surface area contributed by atoms with Gasteiger partial charge in [-0.15, -0.1) is 0 Å². The maximum absolute atomic E-state index is 12.9. The van der Waals surface area contributed by atoms with Crippen molar-refractivity contribution in [1.29, 1.82) is 0 Å². The largest absolute Gasteiger partial charge is 0.353 e. The molecule has 0 saturated carbocycles. The predicted molar refractivity (Wildman–Crippen MR) is 71.1 cm³/mol. The average Bonchev–Trinajstić information content (AvgIpc) is 2.47. The number of halogens is 1. The monoisotopic (exact) mass is 303 g/mol. The zero-order chi connectivity index (χ0) is 14.8. The second-order valence-corrected chi connectivity index (χ2v) is 6.61. The zero-order valence-electron chi connectivity index (χ0n) is 11.5. The summed E-state index contributed by atoms with van der Waals surface area (Å²) < 4.78 is 49.7. The Morgan fingerprint density at radius 3 is 2.05 bits per heavy atom. The van der Waals surface area contributed by atoms with Crippen molar-refractivity contribution in [3.05, 3.63) is 30.1 Å². The lowest BCUT2D eigenvalue weighted by Gasteiger charge is -2.38. The van der Waals surface area contributed by atoms with Crippen molar-refractivity contribution < 1.29 is 22.3 Å². The molecule has 112 valence electrons. The number of sulfonamides is 1. The molecule has 0 bridgehead atoms. The van der Waals surface area contributed by atoms with Crippen LogP contribution in [-0.4, -0.2) is 45.8 Å². The van der Waals surface area contributed by atoms with E-state index in [1.807, 2.05) is 0 Å². The van der Waals surface area contributed by atoms with Gasteiger partial charge < -0.3 is 9.47 Å². The fraction of sp³-hybridized carbons (Fsp3) is 0.538. The van der Waals surface area contributed by atoms with Gasteiger partial charge in [-0.25, -0.2) is 12.8 Å². The summed E-state index contributed by atoms with van der Waals surface area (Å²) in [6.07, 6.45) is 0.918. The maximum Gasteiger partial charge on any atom is 0.243 e. The standard InChI is InChI=1S/C13H18FNO4S/c1-18-13(19-2)7-9-15(10-8-13)20(16,17)12-5-3-11(14)4-6-12/h3-6H,7-10H2,1-2H3. The maximum atomic E-state index is 12.9. The number of methoxy groups -OCH3 is 2. The molecular formula is C13H18FNO4S. The van der Waals surface area contributed by atoms with Crippen LogP contribution in [0, 0.1) is 5.82 Å². The zero-order valence-corrected chi connectivity index (χ0v) is 12.3. The molecule has 0 aromatic heterocycles. The van der Waals surface area contributed by atoms with Crippen LogP contribution in [0.3, 0.4) is 0 Å². The number of hydrogen-bond donors (Lipinski definition) is 0. The Hall–Kier alpha value is -1.02. The van der Waals surface area contributed by atoms with E-state index in [1.54, 1.807) is 14.2 Å². The number of ether oxygens (including phenoxy) is 2. The fourth-order valence-electron chi connectivity index (χ4n) is 2.31. The van der Waals surface area contributed by atoms with Crippen LogP contribution in [0.25, 0.3) is 0 Å². The lowest BCUT2D eigenvalue weighted by atomic mass is 10.1. The van der Waals surface area contributed by atoms with E-state index in [0.717, 1.165) is 12.1 Å². The molecule has 0 amide bonds. The van der Waals surface area contributed by atoms with E-state index in [2.05, 4.69) is 0 Å². The van der Waals surface area contributed by atoms with Crippen LogP contribution >= 0.6 is 0 Å². The summed E-state index contributed by atoms with van der Waals surface area (Å²) in [5.74, 6) is -1.17. The SMILES string of the molecule is COC1(OC)CCN(S(=O)(=O)c2ccc(F)cc2)CC1. The average molecular weight is 303 g/mol. The Labute approximate surface area is 118 Å². The summed E-state index contributed by atoms with van der Waals surface area (Å²) in [4.78, 5) is 0.0984. The van der Waals surface area contributed by atoms with Crippen molar-refractivity contribution in [2.24, 2.45) is 0 Å².